The standard InChI is InChI=1S/C18H28N4O/c23-18(16-13-14-7-1-2-8-15(14)22-16)21-12-6-5-11-20-17-9-3-4-10-19-17/h3-4,9-10,14-16,22H,1-2,5-8,11-13H2,(H,19,20)(H,21,23). The molecule has 5 heteroatoms. The number of rotatable bonds is 7. The lowest BCUT2D eigenvalue weighted by molar-refractivity contribution is -0.122. The zero-order valence-electron chi connectivity index (χ0n) is 13.8. The lowest BCUT2D eigenvalue weighted by Crippen LogP contribution is -2.43. The van der Waals surface area contributed by atoms with Crippen LogP contribution in [0.4, 0.5) is 5.82 Å². The van der Waals surface area contributed by atoms with Crippen molar-refractivity contribution in [2.75, 3.05) is 18.4 Å². The van der Waals surface area contributed by atoms with Gasteiger partial charge in [0.25, 0.3) is 0 Å². The summed E-state index contributed by atoms with van der Waals surface area (Å²) in [4.78, 5) is 16.5. The summed E-state index contributed by atoms with van der Waals surface area (Å²) in [7, 11) is 0. The molecule has 5 nitrogen and oxygen atoms in total. The van der Waals surface area contributed by atoms with Crippen molar-refractivity contribution in [3.05, 3.63) is 24.4 Å². The molecule has 126 valence electrons. The molecule has 1 aromatic rings. The molecule has 3 unspecified atom stereocenters. The maximum absolute atomic E-state index is 12.2. The first-order valence-corrected chi connectivity index (χ1v) is 9.01. The Balaban J connectivity index is 1.26. The van der Waals surface area contributed by atoms with Gasteiger partial charge in [0.15, 0.2) is 0 Å². The summed E-state index contributed by atoms with van der Waals surface area (Å²) >= 11 is 0. The molecular weight excluding hydrogens is 288 g/mol. The van der Waals surface area contributed by atoms with E-state index < -0.39 is 0 Å². The Labute approximate surface area is 138 Å². The number of aromatic nitrogens is 1. The number of nitrogens with one attached hydrogen (secondary N) is 3. The molecule has 3 N–H and O–H groups in total. The minimum atomic E-state index is 0.0368. The van der Waals surface area contributed by atoms with Crippen LogP contribution >= 0.6 is 0 Å². The zero-order valence-corrected chi connectivity index (χ0v) is 13.8. The van der Waals surface area contributed by atoms with Crippen molar-refractivity contribution in [1.82, 2.24) is 15.6 Å². The van der Waals surface area contributed by atoms with Crippen LogP contribution in [0.2, 0.25) is 0 Å². The molecule has 3 atom stereocenters. The highest BCUT2D eigenvalue weighted by Crippen LogP contribution is 2.33. The zero-order chi connectivity index (χ0) is 15.9. The van der Waals surface area contributed by atoms with Gasteiger partial charge in [-0.25, -0.2) is 4.98 Å². The second kappa shape index (κ2) is 8.29. The third-order valence-corrected chi connectivity index (χ3v) is 5.05. The molecule has 2 aliphatic rings. The van der Waals surface area contributed by atoms with Gasteiger partial charge < -0.3 is 16.0 Å². The van der Waals surface area contributed by atoms with Gasteiger partial charge in [0.2, 0.25) is 5.91 Å². The summed E-state index contributed by atoms with van der Waals surface area (Å²) in [5.74, 6) is 1.83. The average molecular weight is 316 g/mol. The van der Waals surface area contributed by atoms with Gasteiger partial charge in [0, 0.05) is 25.3 Å². The molecule has 1 aliphatic heterocycles. The van der Waals surface area contributed by atoms with Crippen molar-refractivity contribution in [2.24, 2.45) is 5.92 Å². The first-order chi connectivity index (χ1) is 11.3. The fourth-order valence-corrected chi connectivity index (χ4v) is 3.79. The number of hydrogen-bond acceptors (Lipinski definition) is 4. The molecule has 1 amide bonds. The van der Waals surface area contributed by atoms with Crippen molar-refractivity contribution in [2.45, 2.75) is 57.0 Å². The first kappa shape index (κ1) is 16.2. The molecule has 0 bridgehead atoms. The third kappa shape index (κ3) is 4.67. The lowest BCUT2D eigenvalue weighted by atomic mass is 9.85. The van der Waals surface area contributed by atoms with Crippen LogP contribution in [-0.4, -0.2) is 36.1 Å². The summed E-state index contributed by atoms with van der Waals surface area (Å²) in [6, 6.07) is 6.47. The first-order valence-electron chi connectivity index (χ1n) is 9.01. The number of nitrogens with zero attached hydrogens (tertiary/aromatic N) is 1. The summed E-state index contributed by atoms with van der Waals surface area (Å²) in [6.07, 6.45) is 10.0. The minimum absolute atomic E-state index is 0.0368. The molecule has 1 saturated heterocycles. The summed E-state index contributed by atoms with van der Waals surface area (Å²) in [6.45, 7) is 1.65. The number of amides is 1. The van der Waals surface area contributed by atoms with Crippen molar-refractivity contribution < 1.29 is 4.79 Å². The van der Waals surface area contributed by atoms with E-state index in [0.717, 1.165) is 44.1 Å². The van der Waals surface area contributed by atoms with E-state index in [0.29, 0.717) is 6.04 Å². The largest absolute Gasteiger partial charge is 0.370 e. The van der Waals surface area contributed by atoms with Gasteiger partial charge >= 0.3 is 0 Å². The Morgan fingerprint density at radius 1 is 1.22 bits per heavy atom. The number of anilines is 1. The van der Waals surface area contributed by atoms with Gasteiger partial charge in [-0.1, -0.05) is 18.9 Å². The molecule has 1 aromatic heterocycles. The summed E-state index contributed by atoms with van der Waals surface area (Å²) in [5, 5.41) is 9.91. The van der Waals surface area contributed by atoms with Gasteiger partial charge in [-0.15, -0.1) is 0 Å². The highest BCUT2D eigenvalue weighted by Gasteiger charge is 2.37. The summed E-state index contributed by atoms with van der Waals surface area (Å²) in [5.41, 5.74) is 0. The number of carbonyl (C=O) groups excluding carboxylic acids is 1. The normalized spacial score (nSPS) is 26.5. The van der Waals surface area contributed by atoms with Gasteiger partial charge in [-0.3, -0.25) is 4.79 Å². The topological polar surface area (TPSA) is 66.0 Å². The van der Waals surface area contributed by atoms with E-state index in [1.165, 1.54) is 25.7 Å². The maximum atomic E-state index is 12.2. The third-order valence-electron chi connectivity index (χ3n) is 5.05. The molecule has 0 aromatic carbocycles. The van der Waals surface area contributed by atoms with E-state index in [2.05, 4.69) is 20.9 Å². The monoisotopic (exact) mass is 316 g/mol. The number of carbonyl (C=O) groups is 1. The predicted molar refractivity (Wildman–Crippen MR) is 92.3 cm³/mol. The van der Waals surface area contributed by atoms with Gasteiger partial charge in [-0.2, -0.15) is 0 Å². The highest BCUT2D eigenvalue weighted by molar-refractivity contribution is 5.82. The molecule has 23 heavy (non-hydrogen) atoms. The smallest absolute Gasteiger partial charge is 0.237 e. The fourth-order valence-electron chi connectivity index (χ4n) is 3.79. The van der Waals surface area contributed by atoms with E-state index in [9.17, 15) is 4.79 Å². The van der Waals surface area contributed by atoms with Crippen LogP contribution in [-0.2, 0) is 4.79 Å². The van der Waals surface area contributed by atoms with E-state index in [4.69, 9.17) is 0 Å². The highest BCUT2D eigenvalue weighted by atomic mass is 16.2. The Kier molecular flexibility index (Phi) is 5.86. The number of unbranched alkanes of at least 4 members (excludes halogenated alkanes) is 1. The Hall–Kier alpha value is -1.62. The maximum Gasteiger partial charge on any atom is 0.237 e. The molecular formula is C18H28N4O. The fraction of sp³-hybridized carbons (Fsp3) is 0.667. The lowest BCUT2D eigenvalue weighted by Gasteiger charge is -2.24. The quantitative estimate of drug-likeness (QED) is 0.675. The van der Waals surface area contributed by atoms with Crippen molar-refractivity contribution in [3.63, 3.8) is 0 Å². The number of pyridine rings is 1. The SMILES string of the molecule is O=C(NCCCCNc1ccccn1)C1CC2CCCCC2N1. The second-order valence-corrected chi connectivity index (χ2v) is 6.75. The average Bonchev–Trinajstić information content (AvgIpc) is 3.03. The van der Waals surface area contributed by atoms with Crippen LogP contribution < -0.4 is 16.0 Å². The molecule has 0 radical (unpaired) electrons. The summed E-state index contributed by atoms with van der Waals surface area (Å²) < 4.78 is 0. The molecule has 0 spiro atoms. The Bertz CT molecular complexity index is 479. The van der Waals surface area contributed by atoms with Crippen LogP contribution in [0.25, 0.3) is 0 Å². The predicted octanol–water partition coefficient (Wildman–Crippen LogP) is 2.31. The Morgan fingerprint density at radius 3 is 2.91 bits per heavy atom. The molecule has 2 heterocycles. The van der Waals surface area contributed by atoms with Crippen LogP contribution in [0.1, 0.15) is 44.9 Å². The minimum Gasteiger partial charge on any atom is -0.370 e. The van der Waals surface area contributed by atoms with Crippen molar-refractivity contribution in [1.29, 1.82) is 0 Å². The van der Waals surface area contributed by atoms with Crippen molar-refractivity contribution >= 4 is 11.7 Å². The van der Waals surface area contributed by atoms with E-state index in [1.54, 1.807) is 6.20 Å². The van der Waals surface area contributed by atoms with E-state index >= 15 is 0 Å². The molecule has 2 fully saturated rings. The van der Waals surface area contributed by atoms with Crippen LogP contribution in [0, 0.1) is 5.92 Å². The van der Waals surface area contributed by atoms with Crippen LogP contribution in [0.5, 0.6) is 0 Å². The number of hydrogen-bond donors (Lipinski definition) is 3. The van der Waals surface area contributed by atoms with Gasteiger partial charge in [0.1, 0.15) is 5.82 Å². The number of fused-ring (bicyclic) bond motifs is 1. The van der Waals surface area contributed by atoms with Gasteiger partial charge in [-0.05, 0) is 50.2 Å². The molecule has 1 saturated carbocycles. The van der Waals surface area contributed by atoms with Gasteiger partial charge in [0.05, 0.1) is 6.04 Å². The van der Waals surface area contributed by atoms with Crippen LogP contribution in [0.3, 0.4) is 0 Å². The van der Waals surface area contributed by atoms with Crippen molar-refractivity contribution in [3.8, 4) is 0 Å². The molecule has 1 aliphatic carbocycles. The molecule has 3 rings (SSSR count). The van der Waals surface area contributed by atoms with E-state index in [1.807, 2.05) is 18.2 Å². The van der Waals surface area contributed by atoms with Crippen LogP contribution in [0.15, 0.2) is 24.4 Å². The Morgan fingerprint density at radius 2 is 2.09 bits per heavy atom. The van der Waals surface area contributed by atoms with E-state index in [-0.39, 0.29) is 11.9 Å². The second-order valence-electron chi connectivity index (χ2n) is 6.75.